The Morgan fingerprint density at radius 2 is 1.26 bits per heavy atom. The highest BCUT2D eigenvalue weighted by Crippen LogP contribution is 2.42. The zero-order valence-corrected chi connectivity index (χ0v) is 15.0. The van der Waals surface area contributed by atoms with Gasteiger partial charge in [-0.15, -0.1) is 0 Å². The van der Waals surface area contributed by atoms with Crippen molar-refractivity contribution < 1.29 is 0 Å². The van der Waals surface area contributed by atoms with Crippen molar-refractivity contribution in [1.29, 1.82) is 0 Å². The first-order chi connectivity index (χ1) is 13.3. The monoisotopic (exact) mass is 348 g/mol. The van der Waals surface area contributed by atoms with Crippen LogP contribution in [0.15, 0.2) is 97.1 Å². The molecule has 4 aromatic rings. The first-order valence-electron chi connectivity index (χ1n) is 9.22. The third-order valence-electron chi connectivity index (χ3n) is 5.34. The normalized spacial score (nSPS) is 11.7. The number of fused-ring (bicyclic) bond motifs is 3. The van der Waals surface area contributed by atoms with Crippen molar-refractivity contribution in [1.82, 2.24) is 0 Å². The van der Waals surface area contributed by atoms with E-state index < -0.39 is 0 Å². The van der Waals surface area contributed by atoms with Gasteiger partial charge in [0.25, 0.3) is 0 Å². The van der Waals surface area contributed by atoms with Crippen LogP contribution in [0, 0.1) is 0 Å². The third-order valence-corrected chi connectivity index (χ3v) is 5.34. The molecule has 5 rings (SSSR count). The van der Waals surface area contributed by atoms with Crippen LogP contribution in [-0.2, 0) is 6.42 Å². The van der Waals surface area contributed by atoms with Gasteiger partial charge in [0.2, 0.25) is 0 Å². The highest BCUT2D eigenvalue weighted by atomic mass is 15.4. The molecule has 0 aliphatic heterocycles. The lowest BCUT2D eigenvalue weighted by Crippen LogP contribution is -2.25. The molecule has 0 saturated heterocycles. The molecule has 0 aromatic heterocycles. The fraction of sp³-hybridized carbons (Fsp3) is 0.0400. The van der Waals surface area contributed by atoms with Crippen molar-refractivity contribution in [2.45, 2.75) is 6.42 Å². The summed E-state index contributed by atoms with van der Waals surface area (Å²) in [5.74, 6) is 6.55. The van der Waals surface area contributed by atoms with Gasteiger partial charge in [0.15, 0.2) is 0 Å². The minimum atomic E-state index is 0.928. The van der Waals surface area contributed by atoms with Gasteiger partial charge in [-0.25, -0.2) is 5.84 Å². The zero-order valence-electron chi connectivity index (χ0n) is 15.0. The van der Waals surface area contributed by atoms with Crippen LogP contribution in [0.3, 0.4) is 0 Å². The number of nitrogens with two attached hydrogens (primary N) is 1. The summed E-state index contributed by atoms with van der Waals surface area (Å²) in [5, 5.41) is 1.81. The molecule has 2 heteroatoms. The van der Waals surface area contributed by atoms with Crippen LogP contribution >= 0.6 is 0 Å². The Kier molecular flexibility index (Phi) is 3.77. The number of hydrogen-bond acceptors (Lipinski definition) is 2. The van der Waals surface area contributed by atoms with E-state index in [2.05, 4.69) is 91.0 Å². The lowest BCUT2D eigenvalue weighted by Gasteiger charge is -2.22. The maximum absolute atomic E-state index is 6.55. The molecule has 130 valence electrons. The van der Waals surface area contributed by atoms with E-state index in [4.69, 9.17) is 5.84 Å². The van der Waals surface area contributed by atoms with Crippen LogP contribution in [0.4, 0.5) is 11.4 Å². The van der Waals surface area contributed by atoms with E-state index in [1.807, 2.05) is 6.07 Å². The predicted octanol–water partition coefficient (Wildman–Crippen LogP) is 5.94. The Morgan fingerprint density at radius 1 is 0.593 bits per heavy atom. The summed E-state index contributed by atoms with van der Waals surface area (Å²) in [6, 6.07) is 33.8. The van der Waals surface area contributed by atoms with Gasteiger partial charge < -0.3 is 0 Å². The van der Waals surface area contributed by atoms with Gasteiger partial charge in [-0.05, 0) is 51.6 Å². The van der Waals surface area contributed by atoms with Gasteiger partial charge in [-0.3, -0.25) is 5.01 Å². The van der Waals surface area contributed by atoms with Crippen LogP contribution in [0.2, 0.25) is 0 Å². The summed E-state index contributed by atoms with van der Waals surface area (Å²) in [6.07, 6.45) is 0.928. The van der Waals surface area contributed by atoms with Gasteiger partial charge in [-0.1, -0.05) is 78.9 Å². The van der Waals surface area contributed by atoms with E-state index in [-0.39, 0.29) is 0 Å². The molecule has 1 aliphatic rings. The van der Waals surface area contributed by atoms with Crippen molar-refractivity contribution in [3.05, 3.63) is 108 Å². The molecule has 0 unspecified atom stereocenters. The van der Waals surface area contributed by atoms with Crippen molar-refractivity contribution >= 4 is 11.4 Å². The highest BCUT2D eigenvalue weighted by Gasteiger charge is 2.22. The Morgan fingerprint density at radius 3 is 2.07 bits per heavy atom. The van der Waals surface area contributed by atoms with Gasteiger partial charge in [-0.2, -0.15) is 0 Å². The van der Waals surface area contributed by atoms with E-state index in [0.717, 1.165) is 17.8 Å². The molecule has 2 nitrogen and oxygen atoms in total. The first kappa shape index (κ1) is 15.9. The maximum Gasteiger partial charge on any atom is 0.0616 e. The quantitative estimate of drug-likeness (QED) is 0.323. The van der Waals surface area contributed by atoms with Crippen LogP contribution in [0.5, 0.6) is 0 Å². The summed E-state index contributed by atoms with van der Waals surface area (Å²) < 4.78 is 0. The van der Waals surface area contributed by atoms with Gasteiger partial charge in [0, 0.05) is 6.42 Å². The smallest absolute Gasteiger partial charge is 0.0616 e. The van der Waals surface area contributed by atoms with E-state index in [9.17, 15) is 0 Å². The summed E-state index contributed by atoms with van der Waals surface area (Å²) in [4.78, 5) is 0. The molecular formula is C25H20N2. The second-order valence-electron chi connectivity index (χ2n) is 6.92. The van der Waals surface area contributed by atoms with Gasteiger partial charge in [0.05, 0.1) is 11.4 Å². The number of hydrogen-bond donors (Lipinski definition) is 1. The lowest BCUT2D eigenvalue weighted by atomic mass is 10.0. The molecule has 2 N–H and O–H groups in total. The summed E-state index contributed by atoms with van der Waals surface area (Å²) in [5.41, 5.74) is 9.74. The minimum Gasteiger partial charge on any atom is -0.279 e. The second-order valence-corrected chi connectivity index (χ2v) is 6.92. The molecular weight excluding hydrogens is 328 g/mol. The molecule has 4 aromatic carbocycles. The van der Waals surface area contributed by atoms with Crippen molar-refractivity contribution in [3.63, 3.8) is 0 Å². The summed E-state index contributed by atoms with van der Waals surface area (Å²) in [7, 11) is 0. The second kappa shape index (κ2) is 6.42. The van der Waals surface area contributed by atoms with Crippen LogP contribution in [0.1, 0.15) is 11.1 Å². The van der Waals surface area contributed by atoms with Gasteiger partial charge in [0.1, 0.15) is 0 Å². The summed E-state index contributed by atoms with van der Waals surface area (Å²) >= 11 is 0. The molecule has 0 bridgehead atoms. The fourth-order valence-corrected chi connectivity index (χ4v) is 3.95. The summed E-state index contributed by atoms with van der Waals surface area (Å²) in [6.45, 7) is 0. The largest absolute Gasteiger partial charge is 0.279 e. The Balaban J connectivity index is 1.50. The lowest BCUT2D eigenvalue weighted by molar-refractivity contribution is 1.06. The van der Waals surface area contributed by atoms with Gasteiger partial charge >= 0.3 is 0 Å². The molecule has 0 heterocycles. The molecule has 0 amide bonds. The third kappa shape index (κ3) is 2.71. The molecule has 0 spiro atoms. The SMILES string of the molecule is NN(c1ccc(-c2ccccc2)cc1)c1cccc2c1Cc1ccccc1-2. The zero-order chi connectivity index (χ0) is 18.2. The standard InChI is InChI=1S/C25H20N2/c26-27(21-15-13-19(14-16-21)18-7-2-1-3-8-18)25-12-6-11-23-22-10-5-4-9-20(22)17-24(23)25/h1-16H,17,26H2. The van der Waals surface area contributed by atoms with Crippen LogP contribution in [-0.4, -0.2) is 0 Å². The van der Waals surface area contributed by atoms with E-state index >= 15 is 0 Å². The number of rotatable bonds is 3. The highest BCUT2D eigenvalue weighted by molar-refractivity contribution is 5.84. The molecule has 0 atom stereocenters. The van der Waals surface area contributed by atoms with Crippen molar-refractivity contribution in [2.75, 3.05) is 5.01 Å². The van der Waals surface area contributed by atoms with Crippen LogP contribution < -0.4 is 10.9 Å². The molecule has 0 fully saturated rings. The van der Waals surface area contributed by atoms with Crippen molar-refractivity contribution in [2.24, 2.45) is 5.84 Å². The number of hydrazine groups is 1. The molecule has 27 heavy (non-hydrogen) atoms. The number of benzene rings is 4. The molecule has 1 aliphatic carbocycles. The Hall–Kier alpha value is -3.36. The average Bonchev–Trinajstić information content (AvgIpc) is 3.13. The van der Waals surface area contributed by atoms with Crippen LogP contribution in [0.25, 0.3) is 22.3 Å². The van der Waals surface area contributed by atoms with E-state index in [1.165, 1.54) is 33.4 Å². The topological polar surface area (TPSA) is 29.3 Å². The molecule has 0 radical (unpaired) electrons. The maximum atomic E-state index is 6.55. The number of nitrogens with zero attached hydrogens (tertiary/aromatic N) is 1. The number of anilines is 2. The fourth-order valence-electron chi connectivity index (χ4n) is 3.95. The first-order valence-corrected chi connectivity index (χ1v) is 9.22. The Bertz CT molecular complexity index is 1100. The predicted molar refractivity (Wildman–Crippen MR) is 113 cm³/mol. The average molecular weight is 348 g/mol. The minimum absolute atomic E-state index is 0.928. The van der Waals surface area contributed by atoms with E-state index in [1.54, 1.807) is 5.01 Å². The molecule has 0 saturated carbocycles. The van der Waals surface area contributed by atoms with Crippen molar-refractivity contribution in [3.8, 4) is 22.3 Å². The Labute approximate surface area is 159 Å². The van der Waals surface area contributed by atoms with E-state index in [0.29, 0.717) is 0 Å².